The smallest absolute Gasteiger partial charge is 0.356 e. The van der Waals surface area contributed by atoms with E-state index in [1.54, 1.807) is 0 Å². The van der Waals surface area contributed by atoms with Crippen LogP contribution < -0.4 is 0 Å². The zero-order chi connectivity index (χ0) is 13.0. The highest BCUT2D eigenvalue weighted by Crippen LogP contribution is 2.35. The molecule has 0 spiro atoms. The Morgan fingerprint density at radius 1 is 1.41 bits per heavy atom. The Balaban J connectivity index is 2.67. The van der Waals surface area contributed by atoms with Crippen molar-refractivity contribution in [1.82, 2.24) is 0 Å². The number of carbonyl (C=O) groups excluding carboxylic acids is 1. The topological polar surface area (TPSA) is 58.9 Å². The van der Waals surface area contributed by atoms with Crippen LogP contribution in [0, 0.1) is 17.8 Å². The van der Waals surface area contributed by atoms with Crippen molar-refractivity contribution in [2.24, 2.45) is 22.9 Å². The molecular formula is C13H23NO3. The lowest BCUT2D eigenvalue weighted by atomic mass is 9.75. The second-order valence-corrected chi connectivity index (χ2v) is 5.46. The third-order valence-electron chi connectivity index (χ3n) is 3.67. The molecule has 0 saturated heterocycles. The summed E-state index contributed by atoms with van der Waals surface area (Å²) in [6.45, 7) is 7.96. The lowest BCUT2D eigenvalue weighted by Crippen LogP contribution is -2.37. The highest BCUT2D eigenvalue weighted by atomic mass is 16.5. The van der Waals surface area contributed by atoms with Crippen molar-refractivity contribution in [3.8, 4) is 0 Å². The Kier molecular flexibility index (Phi) is 4.97. The van der Waals surface area contributed by atoms with Gasteiger partial charge in [0.2, 0.25) is 0 Å². The second kappa shape index (κ2) is 6.03. The minimum Gasteiger partial charge on any atom is -0.458 e. The van der Waals surface area contributed by atoms with Crippen LogP contribution in [-0.4, -0.2) is 23.0 Å². The van der Waals surface area contributed by atoms with Crippen molar-refractivity contribution in [3.05, 3.63) is 0 Å². The number of ether oxygens (including phenoxy) is 1. The van der Waals surface area contributed by atoms with Crippen LogP contribution in [0.2, 0.25) is 0 Å². The molecule has 1 N–H and O–H groups in total. The predicted molar refractivity (Wildman–Crippen MR) is 66.1 cm³/mol. The maximum atomic E-state index is 11.6. The van der Waals surface area contributed by atoms with E-state index in [1.807, 2.05) is 0 Å². The van der Waals surface area contributed by atoms with Crippen LogP contribution in [0.15, 0.2) is 5.16 Å². The molecule has 4 heteroatoms. The normalized spacial score (nSPS) is 30.4. The molecule has 1 aliphatic carbocycles. The fraction of sp³-hybridized carbons (Fsp3) is 0.846. The maximum Gasteiger partial charge on any atom is 0.356 e. The molecule has 17 heavy (non-hydrogen) atoms. The summed E-state index contributed by atoms with van der Waals surface area (Å²) in [6, 6.07) is 0. The molecule has 0 aromatic rings. The molecule has 3 unspecified atom stereocenters. The molecule has 0 aliphatic heterocycles. The molecule has 0 amide bonds. The average Bonchev–Trinajstić information content (AvgIpc) is 2.27. The number of hydrogen-bond donors (Lipinski definition) is 1. The van der Waals surface area contributed by atoms with E-state index in [-0.39, 0.29) is 11.8 Å². The minimum atomic E-state index is -0.503. The highest BCUT2D eigenvalue weighted by molar-refractivity contribution is 6.35. The molecule has 1 rings (SSSR count). The zero-order valence-corrected chi connectivity index (χ0v) is 11.1. The molecule has 0 aromatic carbocycles. The highest BCUT2D eigenvalue weighted by Gasteiger charge is 2.33. The van der Waals surface area contributed by atoms with Gasteiger partial charge < -0.3 is 9.94 Å². The van der Waals surface area contributed by atoms with Crippen molar-refractivity contribution < 1.29 is 14.7 Å². The van der Waals surface area contributed by atoms with Crippen LogP contribution in [0.25, 0.3) is 0 Å². The first-order chi connectivity index (χ1) is 7.95. The summed E-state index contributed by atoms with van der Waals surface area (Å²) in [5.41, 5.74) is 0.0192. The van der Waals surface area contributed by atoms with E-state index in [2.05, 4.69) is 25.9 Å². The fourth-order valence-corrected chi connectivity index (χ4v) is 2.51. The van der Waals surface area contributed by atoms with Gasteiger partial charge in [0.15, 0.2) is 5.71 Å². The number of nitrogens with zero attached hydrogens (tertiary/aromatic N) is 1. The van der Waals surface area contributed by atoms with Gasteiger partial charge in [0.25, 0.3) is 0 Å². The van der Waals surface area contributed by atoms with Gasteiger partial charge in [-0.2, -0.15) is 0 Å². The Bertz CT molecular complexity index is 299. The van der Waals surface area contributed by atoms with Gasteiger partial charge in [-0.3, -0.25) is 0 Å². The van der Waals surface area contributed by atoms with Gasteiger partial charge in [-0.25, -0.2) is 4.79 Å². The summed E-state index contributed by atoms with van der Waals surface area (Å²) in [5.74, 6) is 1.01. The SMILES string of the molecule is C/C(=N\O)C(=O)OC1CC(C)CCC1C(C)C. The molecule has 3 atom stereocenters. The quantitative estimate of drug-likeness (QED) is 0.358. The van der Waals surface area contributed by atoms with Crippen molar-refractivity contribution in [2.75, 3.05) is 0 Å². The summed E-state index contributed by atoms with van der Waals surface area (Å²) in [6.07, 6.45) is 3.17. The summed E-state index contributed by atoms with van der Waals surface area (Å²) < 4.78 is 5.46. The van der Waals surface area contributed by atoms with E-state index in [4.69, 9.17) is 9.94 Å². The number of hydrogen-bond acceptors (Lipinski definition) is 4. The number of rotatable bonds is 3. The number of oxime groups is 1. The Morgan fingerprint density at radius 3 is 2.59 bits per heavy atom. The average molecular weight is 241 g/mol. The van der Waals surface area contributed by atoms with Gasteiger partial charge in [0.05, 0.1) is 0 Å². The Labute approximate surface area is 103 Å². The summed E-state index contributed by atoms with van der Waals surface area (Å²) in [4.78, 5) is 11.6. The summed E-state index contributed by atoms with van der Waals surface area (Å²) in [5, 5.41) is 11.4. The third-order valence-corrected chi connectivity index (χ3v) is 3.67. The first kappa shape index (κ1) is 14.0. The summed E-state index contributed by atoms with van der Waals surface area (Å²) >= 11 is 0. The van der Waals surface area contributed by atoms with Gasteiger partial charge in [-0.1, -0.05) is 32.3 Å². The molecule has 0 radical (unpaired) electrons. The van der Waals surface area contributed by atoms with Gasteiger partial charge in [0, 0.05) is 0 Å². The van der Waals surface area contributed by atoms with Crippen molar-refractivity contribution in [1.29, 1.82) is 0 Å². The number of carbonyl (C=O) groups is 1. The maximum absolute atomic E-state index is 11.6. The van der Waals surface area contributed by atoms with E-state index in [1.165, 1.54) is 13.3 Å². The molecular weight excluding hydrogens is 218 g/mol. The van der Waals surface area contributed by atoms with Crippen molar-refractivity contribution >= 4 is 11.7 Å². The molecule has 4 nitrogen and oxygen atoms in total. The van der Waals surface area contributed by atoms with Crippen molar-refractivity contribution in [3.63, 3.8) is 0 Å². The van der Waals surface area contributed by atoms with Crippen LogP contribution in [0.3, 0.4) is 0 Å². The van der Waals surface area contributed by atoms with E-state index in [0.29, 0.717) is 17.8 Å². The molecule has 98 valence electrons. The van der Waals surface area contributed by atoms with E-state index in [9.17, 15) is 4.79 Å². The van der Waals surface area contributed by atoms with Gasteiger partial charge in [-0.15, -0.1) is 0 Å². The largest absolute Gasteiger partial charge is 0.458 e. The first-order valence-corrected chi connectivity index (χ1v) is 6.35. The standard InChI is InChI=1S/C13H23NO3/c1-8(2)11-6-5-9(3)7-12(11)17-13(15)10(4)14-16/h8-9,11-12,16H,5-7H2,1-4H3/b14-10+. The third kappa shape index (κ3) is 3.72. The lowest BCUT2D eigenvalue weighted by molar-refractivity contribution is -0.147. The minimum absolute atomic E-state index is 0.0192. The van der Waals surface area contributed by atoms with Crippen molar-refractivity contribution in [2.45, 2.75) is 53.1 Å². The van der Waals surface area contributed by atoms with Crippen LogP contribution in [0.1, 0.15) is 47.0 Å². The second-order valence-electron chi connectivity index (χ2n) is 5.46. The number of esters is 1. The van der Waals surface area contributed by atoms with Crippen LogP contribution in [-0.2, 0) is 9.53 Å². The van der Waals surface area contributed by atoms with Gasteiger partial charge in [-0.05, 0) is 37.5 Å². The molecule has 0 aromatic heterocycles. The Hall–Kier alpha value is -1.06. The Morgan fingerprint density at radius 2 is 2.06 bits per heavy atom. The molecule has 1 aliphatic rings. The molecule has 0 bridgehead atoms. The zero-order valence-electron chi connectivity index (χ0n) is 11.1. The lowest BCUT2D eigenvalue weighted by Gasteiger charge is -2.36. The van der Waals surface area contributed by atoms with Crippen LogP contribution in [0.4, 0.5) is 0 Å². The van der Waals surface area contributed by atoms with E-state index in [0.717, 1.165) is 12.8 Å². The first-order valence-electron chi connectivity index (χ1n) is 6.35. The molecule has 1 saturated carbocycles. The predicted octanol–water partition coefficient (Wildman–Crippen LogP) is 2.84. The van der Waals surface area contributed by atoms with E-state index < -0.39 is 5.97 Å². The molecule has 0 heterocycles. The van der Waals surface area contributed by atoms with E-state index >= 15 is 0 Å². The van der Waals surface area contributed by atoms with Gasteiger partial charge in [0.1, 0.15) is 6.10 Å². The van der Waals surface area contributed by atoms with Crippen LogP contribution >= 0.6 is 0 Å². The molecule has 1 fully saturated rings. The fourth-order valence-electron chi connectivity index (χ4n) is 2.51. The van der Waals surface area contributed by atoms with Gasteiger partial charge >= 0.3 is 5.97 Å². The monoisotopic (exact) mass is 241 g/mol. The summed E-state index contributed by atoms with van der Waals surface area (Å²) in [7, 11) is 0. The van der Waals surface area contributed by atoms with Crippen LogP contribution in [0.5, 0.6) is 0 Å².